The van der Waals surface area contributed by atoms with Crippen molar-refractivity contribution in [3.05, 3.63) is 30.1 Å². The van der Waals surface area contributed by atoms with Gasteiger partial charge in [0.25, 0.3) is 0 Å². The van der Waals surface area contributed by atoms with Gasteiger partial charge >= 0.3 is 0 Å². The van der Waals surface area contributed by atoms with E-state index >= 15 is 0 Å². The van der Waals surface area contributed by atoms with Crippen LogP contribution in [0.15, 0.2) is 24.3 Å². The highest BCUT2D eigenvalue weighted by atomic mass is 16.5. The minimum absolute atomic E-state index is 0.139. The van der Waals surface area contributed by atoms with Crippen molar-refractivity contribution in [2.24, 2.45) is 0 Å². The summed E-state index contributed by atoms with van der Waals surface area (Å²) in [5, 5.41) is 0. The van der Waals surface area contributed by atoms with Gasteiger partial charge in [0.2, 0.25) is 0 Å². The quantitative estimate of drug-likeness (QED) is 0.859. The number of carbonyl (C=O) groups is 1. The fourth-order valence-electron chi connectivity index (χ4n) is 2.94. The van der Waals surface area contributed by atoms with Crippen LogP contribution in [0.3, 0.4) is 0 Å². The molecular weight excluding hydrogens is 252 g/mol. The monoisotopic (exact) mass is 272 g/mol. The first kappa shape index (κ1) is 13.3. The van der Waals surface area contributed by atoms with E-state index in [0.717, 1.165) is 36.2 Å². The first-order valence-corrected chi connectivity index (χ1v) is 7.25. The number of imidazole rings is 1. The average Bonchev–Trinajstić information content (AvgIpc) is 3.03. The smallest absolute Gasteiger partial charge is 0.171 e. The van der Waals surface area contributed by atoms with Crippen LogP contribution in [0.25, 0.3) is 11.0 Å². The summed E-state index contributed by atoms with van der Waals surface area (Å²) >= 11 is 0. The average molecular weight is 272 g/mol. The molecule has 1 aromatic heterocycles. The highest BCUT2D eigenvalue weighted by Gasteiger charge is 2.37. The standard InChI is InChI=1S/C16H20N2O2/c1-3-18-13-8-5-4-7-12(13)17-15(18)11-14(19)16(2)9-6-10-20-16/h4-5,7-8H,3,6,9-11H2,1-2H3. The van der Waals surface area contributed by atoms with E-state index in [1.165, 1.54) is 0 Å². The molecule has 3 rings (SSSR count). The third kappa shape index (κ3) is 2.14. The van der Waals surface area contributed by atoms with E-state index < -0.39 is 5.60 Å². The first-order chi connectivity index (χ1) is 9.64. The van der Waals surface area contributed by atoms with Crippen LogP contribution in [0.2, 0.25) is 0 Å². The Hall–Kier alpha value is -1.68. The van der Waals surface area contributed by atoms with Crippen molar-refractivity contribution in [1.82, 2.24) is 9.55 Å². The lowest BCUT2D eigenvalue weighted by molar-refractivity contribution is -0.136. The van der Waals surface area contributed by atoms with Gasteiger partial charge in [-0.25, -0.2) is 4.98 Å². The number of rotatable bonds is 4. The van der Waals surface area contributed by atoms with Crippen LogP contribution < -0.4 is 0 Å². The molecule has 0 spiro atoms. The van der Waals surface area contributed by atoms with Crippen molar-refractivity contribution in [3.8, 4) is 0 Å². The summed E-state index contributed by atoms with van der Waals surface area (Å²) in [6.07, 6.45) is 2.13. The second-order valence-corrected chi connectivity index (χ2v) is 5.54. The summed E-state index contributed by atoms with van der Waals surface area (Å²) in [5.41, 5.74) is 1.43. The van der Waals surface area contributed by atoms with Crippen molar-refractivity contribution in [1.29, 1.82) is 0 Å². The van der Waals surface area contributed by atoms with E-state index in [2.05, 4.69) is 16.5 Å². The molecule has 0 N–H and O–H groups in total. The zero-order chi connectivity index (χ0) is 14.2. The van der Waals surface area contributed by atoms with E-state index in [-0.39, 0.29) is 5.78 Å². The predicted molar refractivity (Wildman–Crippen MR) is 77.7 cm³/mol. The minimum atomic E-state index is -0.614. The largest absolute Gasteiger partial charge is 0.367 e. The molecule has 2 heterocycles. The molecular formula is C16H20N2O2. The lowest BCUT2D eigenvalue weighted by Gasteiger charge is -2.21. The molecule has 0 amide bonds. The van der Waals surface area contributed by atoms with Gasteiger partial charge in [0, 0.05) is 13.2 Å². The third-order valence-corrected chi connectivity index (χ3v) is 4.18. The van der Waals surface area contributed by atoms with Crippen LogP contribution in [0.5, 0.6) is 0 Å². The Labute approximate surface area is 118 Å². The van der Waals surface area contributed by atoms with Crippen molar-refractivity contribution in [2.75, 3.05) is 6.61 Å². The highest BCUT2D eigenvalue weighted by Crippen LogP contribution is 2.27. The Morgan fingerprint density at radius 2 is 2.25 bits per heavy atom. The van der Waals surface area contributed by atoms with Gasteiger partial charge < -0.3 is 9.30 Å². The van der Waals surface area contributed by atoms with Gasteiger partial charge in [-0.1, -0.05) is 12.1 Å². The number of aryl methyl sites for hydroxylation is 1. The molecule has 20 heavy (non-hydrogen) atoms. The number of carbonyl (C=O) groups excluding carboxylic acids is 1. The summed E-state index contributed by atoms with van der Waals surface area (Å²) in [4.78, 5) is 17.1. The predicted octanol–water partition coefficient (Wildman–Crippen LogP) is 2.74. The highest BCUT2D eigenvalue weighted by molar-refractivity contribution is 5.89. The summed E-state index contributed by atoms with van der Waals surface area (Å²) in [7, 11) is 0. The summed E-state index contributed by atoms with van der Waals surface area (Å²) in [5.74, 6) is 0.982. The molecule has 2 aromatic rings. The SMILES string of the molecule is CCn1c(CC(=O)C2(C)CCCO2)nc2ccccc21. The molecule has 1 aliphatic rings. The molecule has 4 heteroatoms. The summed E-state index contributed by atoms with van der Waals surface area (Å²) < 4.78 is 7.75. The molecule has 1 saturated heterocycles. The Morgan fingerprint density at radius 3 is 2.95 bits per heavy atom. The topological polar surface area (TPSA) is 44.1 Å². The summed E-state index contributed by atoms with van der Waals surface area (Å²) in [6.45, 7) is 5.49. The number of ketones is 1. The fraction of sp³-hybridized carbons (Fsp3) is 0.500. The molecule has 4 nitrogen and oxygen atoms in total. The maximum Gasteiger partial charge on any atom is 0.171 e. The van der Waals surface area contributed by atoms with E-state index in [9.17, 15) is 4.79 Å². The molecule has 0 saturated carbocycles. The zero-order valence-electron chi connectivity index (χ0n) is 12.1. The minimum Gasteiger partial charge on any atom is -0.367 e. The van der Waals surface area contributed by atoms with Gasteiger partial charge in [-0.15, -0.1) is 0 Å². The van der Waals surface area contributed by atoms with Crippen LogP contribution in [0, 0.1) is 0 Å². The van der Waals surface area contributed by atoms with E-state index in [0.29, 0.717) is 13.0 Å². The fourth-order valence-corrected chi connectivity index (χ4v) is 2.94. The Morgan fingerprint density at radius 1 is 1.45 bits per heavy atom. The Balaban J connectivity index is 1.92. The molecule has 0 aliphatic carbocycles. The molecule has 1 aliphatic heterocycles. The van der Waals surface area contributed by atoms with Crippen molar-refractivity contribution >= 4 is 16.8 Å². The molecule has 1 atom stereocenters. The number of hydrogen-bond donors (Lipinski definition) is 0. The Kier molecular flexibility index (Phi) is 3.34. The number of aromatic nitrogens is 2. The van der Waals surface area contributed by atoms with Crippen LogP contribution in [0.1, 0.15) is 32.5 Å². The summed E-state index contributed by atoms with van der Waals surface area (Å²) in [6, 6.07) is 8.02. The molecule has 1 unspecified atom stereocenters. The van der Waals surface area contributed by atoms with E-state index in [1.807, 2.05) is 31.2 Å². The van der Waals surface area contributed by atoms with Crippen LogP contribution in [-0.4, -0.2) is 27.5 Å². The zero-order valence-corrected chi connectivity index (χ0v) is 12.1. The molecule has 0 bridgehead atoms. The number of para-hydroxylation sites is 2. The van der Waals surface area contributed by atoms with Gasteiger partial charge in [-0.3, -0.25) is 4.79 Å². The second-order valence-electron chi connectivity index (χ2n) is 5.54. The number of Topliss-reactive ketones (excluding diaryl/α,β-unsaturated/α-hetero) is 1. The molecule has 1 aromatic carbocycles. The van der Waals surface area contributed by atoms with Crippen LogP contribution in [0.4, 0.5) is 0 Å². The van der Waals surface area contributed by atoms with Crippen molar-refractivity contribution in [2.45, 2.75) is 45.3 Å². The van der Waals surface area contributed by atoms with Gasteiger partial charge in [-0.2, -0.15) is 0 Å². The van der Waals surface area contributed by atoms with Crippen molar-refractivity contribution in [3.63, 3.8) is 0 Å². The molecule has 0 radical (unpaired) electrons. The van der Waals surface area contributed by atoms with Gasteiger partial charge in [0.05, 0.1) is 17.5 Å². The number of ether oxygens (including phenoxy) is 1. The molecule has 106 valence electrons. The lowest BCUT2D eigenvalue weighted by atomic mass is 9.95. The first-order valence-electron chi connectivity index (χ1n) is 7.25. The van der Waals surface area contributed by atoms with E-state index in [1.54, 1.807) is 0 Å². The lowest BCUT2D eigenvalue weighted by Crippen LogP contribution is -2.36. The third-order valence-electron chi connectivity index (χ3n) is 4.18. The van der Waals surface area contributed by atoms with Crippen molar-refractivity contribution < 1.29 is 9.53 Å². The van der Waals surface area contributed by atoms with Gasteiger partial charge in [0.15, 0.2) is 5.78 Å². The number of nitrogens with zero attached hydrogens (tertiary/aromatic N) is 2. The van der Waals surface area contributed by atoms with Crippen LogP contribution >= 0.6 is 0 Å². The normalized spacial score (nSPS) is 22.5. The number of fused-ring (bicyclic) bond motifs is 1. The number of benzene rings is 1. The number of hydrogen-bond acceptors (Lipinski definition) is 3. The molecule has 1 fully saturated rings. The maximum atomic E-state index is 12.5. The van der Waals surface area contributed by atoms with Gasteiger partial charge in [-0.05, 0) is 38.8 Å². The maximum absolute atomic E-state index is 12.5. The second kappa shape index (κ2) is 5.02. The van der Waals surface area contributed by atoms with Gasteiger partial charge in [0.1, 0.15) is 11.4 Å². The van der Waals surface area contributed by atoms with E-state index in [4.69, 9.17) is 4.74 Å². The Bertz CT molecular complexity index is 639. The van der Waals surface area contributed by atoms with Crippen LogP contribution in [-0.2, 0) is 22.5 Å².